The lowest BCUT2D eigenvalue weighted by Crippen LogP contribution is -2.11. The Hall–Kier alpha value is -1.70. The van der Waals surface area contributed by atoms with Gasteiger partial charge in [-0.1, -0.05) is 6.07 Å². The van der Waals surface area contributed by atoms with Gasteiger partial charge in [0.05, 0.1) is 0 Å². The van der Waals surface area contributed by atoms with E-state index in [0.717, 1.165) is 0 Å². The first-order valence-corrected chi connectivity index (χ1v) is 6.30. The molecule has 0 bridgehead atoms. The van der Waals surface area contributed by atoms with Crippen LogP contribution in [0.3, 0.4) is 0 Å². The molecule has 18 heavy (non-hydrogen) atoms. The highest BCUT2D eigenvalue weighted by molar-refractivity contribution is 5.94. The molecule has 0 heterocycles. The summed E-state index contributed by atoms with van der Waals surface area (Å²) in [5, 5.41) is 2.70. The van der Waals surface area contributed by atoms with Gasteiger partial charge in [0.1, 0.15) is 0 Å². The quantitative estimate of drug-likeness (QED) is 0.794. The normalized spacial score (nSPS) is 10.8. The summed E-state index contributed by atoms with van der Waals surface area (Å²) < 4.78 is 0. The summed E-state index contributed by atoms with van der Waals surface area (Å²) in [5.74, 6) is 0. The number of hydrogen-bond acceptors (Lipinski definition) is 2. The van der Waals surface area contributed by atoms with Gasteiger partial charge in [0.25, 0.3) is 0 Å². The van der Waals surface area contributed by atoms with Crippen LogP contribution >= 0.6 is 0 Å². The summed E-state index contributed by atoms with van der Waals surface area (Å²) in [6.45, 7) is 4.39. The Labute approximate surface area is 110 Å². The number of anilines is 2. The molecular formula is C16H22N2. The molecular weight excluding hydrogens is 220 g/mol. The first-order chi connectivity index (χ1) is 8.41. The van der Waals surface area contributed by atoms with E-state index < -0.39 is 0 Å². The average Bonchev–Trinajstić information content (AvgIpc) is 2.32. The molecule has 0 aliphatic rings. The van der Waals surface area contributed by atoms with Crippen molar-refractivity contribution in [2.45, 2.75) is 13.8 Å². The Morgan fingerprint density at radius 3 is 2.00 bits per heavy atom. The molecule has 2 rings (SSSR count). The monoisotopic (exact) mass is 242 g/mol. The summed E-state index contributed by atoms with van der Waals surface area (Å²) in [6, 6.07) is 8.97. The minimum Gasteiger partial charge on any atom is -0.378 e. The highest BCUT2D eigenvalue weighted by Crippen LogP contribution is 2.32. The van der Waals surface area contributed by atoms with Crippen LogP contribution in [-0.4, -0.2) is 28.2 Å². The van der Waals surface area contributed by atoms with Crippen molar-refractivity contribution in [1.82, 2.24) is 0 Å². The molecule has 0 N–H and O–H groups in total. The third-order valence-corrected chi connectivity index (χ3v) is 3.57. The van der Waals surface area contributed by atoms with E-state index in [1.165, 1.54) is 33.3 Å². The van der Waals surface area contributed by atoms with Gasteiger partial charge in [-0.15, -0.1) is 0 Å². The van der Waals surface area contributed by atoms with Crippen LogP contribution < -0.4 is 9.80 Å². The largest absolute Gasteiger partial charge is 0.378 e. The van der Waals surface area contributed by atoms with Gasteiger partial charge in [-0.05, 0) is 53.9 Å². The van der Waals surface area contributed by atoms with E-state index in [9.17, 15) is 0 Å². The third kappa shape index (κ3) is 2.03. The minimum atomic E-state index is 1.25. The topological polar surface area (TPSA) is 6.48 Å². The van der Waals surface area contributed by atoms with E-state index in [2.05, 4.69) is 76.1 Å². The SMILES string of the molecule is Cc1cc(N(C)C)c(C)c2ccc(N(C)C)cc12. The lowest BCUT2D eigenvalue weighted by Gasteiger charge is -2.20. The smallest absolute Gasteiger partial charge is 0.0399 e. The lowest BCUT2D eigenvalue weighted by atomic mass is 9.98. The average molecular weight is 242 g/mol. The predicted octanol–water partition coefficient (Wildman–Crippen LogP) is 3.59. The molecule has 0 amide bonds. The molecule has 0 unspecified atom stereocenters. The van der Waals surface area contributed by atoms with Gasteiger partial charge in [0.2, 0.25) is 0 Å². The number of benzene rings is 2. The molecule has 0 aromatic heterocycles. The van der Waals surface area contributed by atoms with Crippen LogP contribution in [0.15, 0.2) is 24.3 Å². The fourth-order valence-corrected chi connectivity index (χ4v) is 2.46. The van der Waals surface area contributed by atoms with Crippen molar-refractivity contribution < 1.29 is 0 Å². The molecule has 0 aliphatic carbocycles. The van der Waals surface area contributed by atoms with E-state index in [1.807, 2.05) is 0 Å². The Balaban J connectivity index is 2.75. The van der Waals surface area contributed by atoms with Gasteiger partial charge in [-0.2, -0.15) is 0 Å². The van der Waals surface area contributed by atoms with Crippen molar-refractivity contribution in [2.24, 2.45) is 0 Å². The predicted molar refractivity (Wildman–Crippen MR) is 82.1 cm³/mol. The molecule has 0 saturated heterocycles. The van der Waals surface area contributed by atoms with Crippen LogP contribution in [-0.2, 0) is 0 Å². The summed E-state index contributed by atoms with van der Waals surface area (Å²) in [5.41, 5.74) is 5.24. The van der Waals surface area contributed by atoms with E-state index in [-0.39, 0.29) is 0 Å². The van der Waals surface area contributed by atoms with Crippen LogP contribution in [0.5, 0.6) is 0 Å². The maximum absolute atomic E-state index is 2.27. The molecule has 2 nitrogen and oxygen atoms in total. The van der Waals surface area contributed by atoms with Gasteiger partial charge < -0.3 is 9.80 Å². The summed E-state index contributed by atoms with van der Waals surface area (Å²) in [4.78, 5) is 4.33. The van der Waals surface area contributed by atoms with Crippen LogP contribution in [0.4, 0.5) is 11.4 Å². The molecule has 2 aromatic carbocycles. The zero-order chi connectivity index (χ0) is 13.4. The Morgan fingerprint density at radius 1 is 0.778 bits per heavy atom. The second-order valence-corrected chi connectivity index (χ2v) is 5.36. The molecule has 2 aromatic rings. The van der Waals surface area contributed by atoms with E-state index in [0.29, 0.717) is 0 Å². The summed E-state index contributed by atoms with van der Waals surface area (Å²) in [7, 11) is 8.36. The highest BCUT2D eigenvalue weighted by atomic mass is 15.1. The van der Waals surface area contributed by atoms with Gasteiger partial charge >= 0.3 is 0 Å². The Kier molecular flexibility index (Phi) is 3.20. The number of nitrogens with zero attached hydrogens (tertiary/aromatic N) is 2. The molecule has 0 saturated carbocycles. The highest BCUT2D eigenvalue weighted by Gasteiger charge is 2.09. The van der Waals surface area contributed by atoms with Crippen molar-refractivity contribution in [2.75, 3.05) is 38.0 Å². The zero-order valence-electron chi connectivity index (χ0n) is 12.2. The maximum atomic E-state index is 2.27. The fourth-order valence-electron chi connectivity index (χ4n) is 2.46. The molecule has 0 aliphatic heterocycles. The van der Waals surface area contributed by atoms with Crippen LogP contribution in [0, 0.1) is 13.8 Å². The fraction of sp³-hybridized carbons (Fsp3) is 0.375. The first-order valence-electron chi connectivity index (χ1n) is 6.30. The number of rotatable bonds is 2. The molecule has 0 radical (unpaired) electrons. The van der Waals surface area contributed by atoms with Crippen LogP contribution in [0.2, 0.25) is 0 Å². The van der Waals surface area contributed by atoms with E-state index in [1.54, 1.807) is 0 Å². The van der Waals surface area contributed by atoms with Gasteiger partial charge in [-0.25, -0.2) is 0 Å². The minimum absolute atomic E-state index is 1.25. The summed E-state index contributed by atoms with van der Waals surface area (Å²) >= 11 is 0. The molecule has 2 heteroatoms. The molecule has 0 spiro atoms. The standard InChI is InChI=1S/C16H22N2/c1-11-9-16(18(5)6)12(2)14-8-7-13(17(3)4)10-15(11)14/h7-10H,1-6H3. The van der Waals surface area contributed by atoms with Crippen molar-refractivity contribution in [3.05, 3.63) is 35.4 Å². The summed E-state index contributed by atoms with van der Waals surface area (Å²) in [6.07, 6.45) is 0. The first kappa shape index (κ1) is 12.7. The van der Waals surface area contributed by atoms with Crippen molar-refractivity contribution in [3.63, 3.8) is 0 Å². The van der Waals surface area contributed by atoms with Crippen LogP contribution in [0.1, 0.15) is 11.1 Å². The Morgan fingerprint density at radius 2 is 1.44 bits per heavy atom. The zero-order valence-corrected chi connectivity index (χ0v) is 12.2. The number of aryl methyl sites for hydroxylation is 2. The second kappa shape index (κ2) is 4.52. The number of hydrogen-bond donors (Lipinski definition) is 0. The lowest BCUT2D eigenvalue weighted by molar-refractivity contribution is 1.11. The number of fused-ring (bicyclic) bond motifs is 1. The Bertz CT molecular complexity index is 583. The second-order valence-electron chi connectivity index (χ2n) is 5.36. The maximum Gasteiger partial charge on any atom is 0.0399 e. The van der Waals surface area contributed by atoms with Crippen molar-refractivity contribution in [1.29, 1.82) is 0 Å². The van der Waals surface area contributed by atoms with Gasteiger partial charge in [-0.3, -0.25) is 0 Å². The van der Waals surface area contributed by atoms with E-state index in [4.69, 9.17) is 0 Å². The van der Waals surface area contributed by atoms with E-state index >= 15 is 0 Å². The molecule has 0 fully saturated rings. The van der Waals surface area contributed by atoms with Crippen LogP contribution in [0.25, 0.3) is 10.8 Å². The van der Waals surface area contributed by atoms with Crippen molar-refractivity contribution in [3.8, 4) is 0 Å². The molecule has 96 valence electrons. The van der Waals surface area contributed by atoms with Crippen molar-refractivity contribution >= 4 is 22.1 Å². The molecule has 0 atom stereocenters. The van der Waals surface area contributed by atoms with Gasteiger partial charge in [0.15, 0.2) is 0 Å². The third-order valence-electron chi connectivity index (χ3n) is 3.57. The van der Waals surface area contributed by atoms with Gasteiger partial charge in [0, 0.05) is 39.6 Å².